The molecule has 0 aromatic carbocycles. The summed E-state index contributed by atoms with van der Waals surface area (Å²) in [6.07, 6.45) is 2.17. The molecule has 1 fully saturated rings. The Hall–Kier alpha value is -0.120. The minimum Gasteiger partial charge on any atom is -0.369 e. The maximum Gasteiger partial charge on any atom is 0.0678 e. The van der Waals surface area contributed by atoms with E-state index in [4.69, 9.17) is 10.6 Å². The van der Waals surface area contributed by atoms with Gasteiger partial charge < -0.3 is 4.74 Å². The lowest BCUT2D eigenvalue weighted by Gasteiger charge is -2.33. The van der Waals surface area contributed by atoms with E-state index in [2.05, 4.69) is 47.0 Å². The topological polar surface area (TPSA) is 47.3 Å². The fourth-order valence-electron chi connectivity index (χ4n) is 3.09. The van der Waals surface area contributed by atoms with Crippen LogP contribution in [-0.2, 0) is 4.74 Å². The smallest absolute Gasteiger partial charge is 0.0678 e. The minimum atomic E-state index is -0.0879. The first kappa shape index (κ1) is 13.9. The van der Waals surface area contributed by atoms with Crippen molar-refractivity contribution in [1.29, 1.82) is 0 Å². The van der Waals surface area contributed by atoms with Crippen molar-refractivity contribution in [3.63, 3.8) is 0 Å². The fraction of sp³-hybridized carbons (Fsp3) is 1.00. The molecule has 0 saturated carbocycles. The quantitative estimate of drug-likeness (QED) is 0.574. The van der Waals surface area contributed by atoms with Gasteiger partial charge in [0.15, 0.2) is 0 Å². The number of hydrogen-bond donors (Lipinski definition) is 2. The maximum absolute atomic E-state index is 6.12. The van der Waals surface area contributed by atoms with E-state index < -0.39 is 0 Å². The van der Waals surface area contributed by atoms with Crippen molar-refractivity contribution < 1.29 is 4.74 Å². The third-order valence-corrected chi connectivity index (χ3v) is 3.57. The third-order valence-electron chi connectivity index (χ3n) is 3.57. The van der Waals surface area contributed by atoms with Crippen molar-refractivity contribution in [2.24, 2.45) is 17.7 Å². The zero-order valence-electron chi connectivity index (χ0n) is 11.6. The minimum absolute atomic E-state index is 0.0275. The normalized spacial score (nSPS) is 29.6. The van der Waals surface area contributed by atoms with Gasteiger partial charge in [0.1, 0.15) is 0 Å². The number of hydrogen-bond acceptors (Lipinski definition) is 3. The second-order valence-corrected chi connectivity index (χ2v) is 6.68. The molecule has 16 heavy (non-hydrogen) atoms. The van der Waals surface area contributed by atoms with Gasteiger partial charge in [0.2, 0.25) is 0 Å². The average molecular weight is 228 g/mol. The summed E-state index contributed by atoms with van der Waals surface area (Å²) in [6.45, 7) is 13.2. The predicted molar refractivity (Wildman–Crippen MR) is 67.9 cm³/mol. The van der Waals surface area contributed by atoms with Gasteiger partial charge in [0.25, 0.3) is 0 Å². The Balaban J connectivity index is 2.77. The van der Waals surface area contributed by atoms with Crippen LogP contribution >= 0.6 is 0 Å². The van der Waals surface area contributed by atoms with Gasteiger partial charge in [0, 0.05) is 12.0 Å². The lowest BCUT2D eigenvalue weighted by atomic mass is 9.79. The summed E-state index contributed by atoms with van der Waals surface area (Å²) in [6, 6.07) is 0.344. The van der Waals surface area contributed by atoms with E-state index in [1.54, 1.807) is 0 Å². The van der Waals surface area contributed by atoms with Crippen LogP contribution in [0.15, 0.2) is 0 Å². The summed E-state index contributed by atoms with van der Waals surface area (Å²) < 4.78 is 6.12. The molecule has 2 unspecified atom stereocenters. The molecule has 1 saturated heterocycles. The van der Waals surface area contributed by atoms with Gasteiger partial charge in [-0.05, 0) is 46.5 Å². The Morgan fingerprint density at radius 3 is 2.19 bits per heavy atom. The summed E-state index contributed by atoms with van der Waals surface area (Å²) in [5, 5.41) is 0. The van der Waals surface area contributed by atoms with Gasteiger partial charge in [-0.15, -0.1) is 0 Å². The zero-order valence-corrected chi connectivity index (χ0v) is 11.6. The van der Waals surface area contributed by atoms with Crippen LogP contribution in [-0.4, -0.2) is 17.2 Å². The van der Waals surface area contributed by atoms with Crippen molar-refractivity contribution in [3.8, 4) is 0 Å². The van der Waals surface area contributed by atoms with Crippen molar-refractivity contribution in [2.75, 3.05) is 0 Å². The Morgan fingerprint density at radius 2 is 1.88 bits per heavy atom. The molecule has 1 aliphatic heterocycles. The molecule has 0 aliphatic carbocycles. The molecule has 1 rings (SSSR count). The monoisotopic (exact) mass is 228 g/mol. The molecule has 0 spiro atoms. The molecule has 3 N–H and O–H groups in total. The first-order valence-corrected chi connectivity index (χ1v) is 6.34. The molecule has 96 valence electrons. The SMILES string of the molecule is CC(C)CC(NN)C1CC(C)(C)OC1(C)C. The van der Waals surface area contributed by atoms with Crippen molar-refractivity contribution in [3.05, 3.63) is 0 Å². The van der Waals surface area contributed by atoms with Crippen molar-refractivity contribution in [2.45, 2.75) is 71.6 Å². The lowest BCUT2D eigenvalue weighted by molar-refractivity contribution is -0.0782. The Morgan fingerprint density at radius 1 is 1.31 bits per heavy atom. The van der Waals surface area contributed by atoms with Crippen LogP contribution in [0.25, 0.3) is 0 Å². The van der Waals surface area contributed by atoms with Crippen LogP contribution in [0, 0.1) is 11.8 Å². The summed E-state index contributed by atoms with van der Waals surface area (Å²) in [5.74, 6) is 6.84. The molecule has 0 aromatic heterocycles. The molecule has 0 amide bonds. The molecule has 0 aromatic rings. The standard InChI is InChI=1S/C13H28N2O/c1-9(2)7-11(15-14)10-8-12(3,4)16-13(10,5)6/h9-11,15H,7-8,14H2,1-6H3. The molecule has 3 heteroatoms. The van der Waals surface area contributed by atoms with Crippen LogP contribution in [0.5, 0.6) is 0 Å². The number of ether oxygens (including phenoxy) is 1. The lowest BCUT2D eigenvalue weighted by Crippen LogP contribution is -2.47. The number of nitrogens with two attached hydrogens (primary N) is 1. The number of nitrogens with one attached hydrogen (secondary N) is 1. The van der Waals surface area contributed by atoms with E-state index >= 15 is 0 Å². The van der Waals surface area contributed by atoms with Gasteiger partial charge >= 0.3 is 0 Å². The molecule has 0 bridgehead atoms. The van der Waals surface area contributed by atoms with Crippen LogP contribution in [0.4, 0.5) is 0 Å². The Labute approximate surface area is 100 Å². The molecule has 0 radical (unpaired) electrons. The predicted octanol–water partition coefficient (Wildman–Crippen LogP) is 2.46. The number of hydrazine groups is 1. The van der Waals surface area contributed by atoms with E-state index in [0.29, 0.717) is 17.9 Å². The van der Waals surface area contributed by atoms with E-state index in [-0.39, 0.29) is 11.2 Å². The van der Waals surface area contributed by atoms with E-state index in [1.165, 1.54) is 0 Å². The Kier molecular flexibility index (Phi) is 4.04. The third kappa shape index (κ3) is 3.19. The first-order chi connectivity index (χ1) is 7.18. The second-order valence-electron chi connectivity index (χ2n) is 6.68. The van der Waals surface area contributed by atoms with Crippen molar-refractivity contribution >= 4 is 0 Å². The second kappa shape index (κ2) is 4.63. The van der Waals surface area contributed by atoms with E-state index in [9.17, 15) is 0 Å². The van der Waals surface area contributed by atoms with Crippen LogP contribution < -0.4 is 11.3 Å². The summed E-state index contributed by atoms with van der Waals surface area (Å²) in [5.41, 5.74) is 2.87. The van der Waals surface area contributed by atoms with Gasteiger partial charge in [-0.3, -0.25) is 11.3 Å². The van der Waals surface area contributed by atoms with E-state index in [1.807, 2.05) is 0 Å². The van der Waals surface area contributed by atoms with Crippen LogP contribution in [0.2, 0.25) is 0 Å². The summed E-state index contributed by atoms with van der Waals surface area (Å²) in [7, 11) is 0. The highest BCUT2D eigenvalue weighted by molar-refractivity contribution is 4.99. The Bertz CT molecular complexity index is 236. The highest BCUT2D eigenvalue weighted by atomic mass is 16.5. The van der Waals surface area contributed by atoms with Crippen LogP contribution in [0.3, 0.4) is 0 Å². The van der Waals surface area contributed by atoms with Gasteiger partial charge in [-0.1, -0.05) is 13.8 Å². The maximum atomic E-state index is 6.12. The molecule has 1 heterocycles. The van der Waals surface area contributed by atoms with Gasteiger partial charge in [-0.2, -0.15) is 0 Å². The van der Waals surface area contributed by atoms with Gasteiger partial charge in [0.05, 0.1) is 11.2 Å². The molecule has 3 nitrogen and oxygen atoms in total. The van der Waals surface area contributed by atoms with Crippen molar-refractivity contribution in [1.82, 2.24) is 5.43 Å². The largest absolute Gasteiger partial charge is 0.369 e. The molecular weight excluding hydrogens is 200 g/mol. The molecular formula is C13H28N2O. The fourth-order valence-corrected chi connectivity index (χ4v) is 3.09. The summed E-state index contributed by atoms with van der Waals surface area (Å²) in [4.78, 5) is 0. The van der Waals surface area contributed by atoms with Gasteiger partial charge in [-0.25, -0.2) is 0 Å². The van der Waals surface area contributed by atoms with Crippen LogP contribution in [0.1, 0.15) is 54.4 Å². The summed E-state index contributed by atoms with van der Waals surface area (Å²) >= 11 is 0. The molecule has 1 aliphatic rings. The highest BCUT2D eigenvalue weighted by Crippen LogP contribution is 2.44. The average Bonchev–Trinajstić information content (AvgIpc) is 2.29. The number of rotatable bonds is 4. The molecule has 2 atom stereocenters. The van der Waals surface area contributed by atoms with E-state index in [0.717, 1.165) is 12.8 Å². The highest BCUT2D eigenvalue weighted by Gasteiger charge is 2.48. The first-order valence-electron chi connectivity index (χ1n) is 6.34. The zero-order chi connectivity index (χ0) is 12.6.